The van der Waals surface area contributed by atoms with Crippen LogP contribution in [0, 0.1) is 0 Å². The van der Waals surface area contributed by atoms with Crippen LogP contribution in [0.2, 0.25) is 0 Å². The summed E-state index contributed by atoms with van der Waals surface area (Å²) in [6.07, 6.45) is -0.722. The zero-order chi connectivity index (χ0) is 15.0. The van der Waals surface area contributed by atoms with Crippen molar-refractivity contribution in [1.82, 2.24) is 16.2 Å². The summed E-state index contributed by atoms with van der Waals surface area (Å²) >= 11 is 4.84. The number of benzene rings is 1. The third-order valence-electron chi connectivity index (χ3n) is 2.10. The third-order valence-corrected chi connectivity index (χ3v) is 2.30. The van der Waals surface area contributed by atoms with Crippen LogP contribution in [0.1, 0.15) is 17.3 Å². The van der Waals surface area contributed by atoms with Gasteiger partial charge in [0.05, 0.1) is 13.7 Å². The Morgan fingerprint density at radius 1 is 1.30 bits per heavy atom. The second-order valence-corrected chi connectivity index (χ2v) is 3.89. The summed E-state index contributed by atoms with van der Waals surface area (Å²) in [5, 5.41) is 2.35. The van der Waals surface area contributed by atoms with Crippen LogP contribution in [-0.2, 0) is 4.74 Å². The summed E-state index contributed by atoms with van der Waals surface area (Å²) in [7, 11) is 1.21. The van der Waals surface area contributed by atoms with Crippen LogP contribution in [0.3, 0.4) is 0 Å². The summed E-state index contributed by atoms with van der Waals surface area (Å²) in [5.41, 5.74) is 4.83. The molecule has 0 bridgehead atoms. The van der Waals surface area contributed by atoms with Gasteiger partial charge in [0.1, 0.15) is 5.75 Å². The number of hydrazine groups is 1. The first-order valence-electron chi connectivity index (χ1n) is 5.75. The van der Waals surface area contributed by atoms with Crippen molar-refractivity contribution in [1.29, 1.82) is 0 Å². The second-order valence-electron chi connectivity index (χ2n) is 3.49. The number of ether oxygens (including phenoxy) is 2. The van der Waals surface area contributed by atoms with Gasteiger partial charge in [-0.05, 0) is 37.3 Å². The molecule has 0 spiro atoms. The van der Waals surface area contributed by atoms with Gasteiger partial charge in [-0.25, -0.2) is 10.2 Å². The molecule has 1 aromatic carbocycles. The molecule has 0 fully saturated rings. The smallest absolute Gasteiger partial charge is 0.425 e. The van der Waals surface area contributed by atoms with Crippen molar-refractivity contribution < 1.29 is 19.1 Å². The molecule has 0 saturated heterocycles. The van der Waals surface area contributed by atoms with E-state index < -0.39 is 12.0 Å². The van der Waals surface area contributed by atoms with E-state index in [2.05, 4.69) is 20.9 Å². The predicted molar refractivity (Wildman–Crippen MR) is 76.4 cm³/mol. The van der Waals surface area contributed by atoms with Gasteiger partial charge in [0.2, 0.25) is 0 Å². The standard InChI is InChI=1S/C12H15N3O4S/c1-3-19-9-6-4-5-8(7-9)10(16)13-11(20)14-15-12(17)18-2/h4-7H,3H2,1-2H3,(H,15,17)(H2,13,14,16,20). The van der Waals surface area contributed by atoms with Crippen molar-refractivity contribution in [2.24, 2.45) is 0 Å². The molecule has 0 atom stereocenters. The Morgan fingerprint density at radius 3 is 2.70 bits per heavy atom. The Morgan fingerprint density at radius 2 is 2.05 bits per heavy atom. The number of rotatable bonds is 3. The third kappa shape index (κ3) is 5.11. The lowest BCUT2D eigenvalue weighted by Crippen LogP contribution is -2.48. The largest absolute Gasteiger partial charge is 0.494 e. The Bertz CT molecular complexity index is 507. The van der Waals surface area contributed by atoms with Gasteiger partial charge in [-0.1, -0.05) is 6.07 Å². The molecule has 8 heteroatoms. The van der Waals surface area contributed by atoms with Crippen LogP contribution in [-0.4, -0.2) is 30.8 Å². The van der Waals surface area contributed by atoms with Gasteiger partial charge in [-0.3, -0.25) is 15.5 Å². The molecule has 0 aromatic heterocycles. The van der Waals surface area contributed by atoms with Gasteiger partial charge in [0.15, 0.2) is 5.11 Å². The molecule has 0 unspecified atom stereocenters. The molecule has 2 amide bonds. The number of methoxy groups -OCH3 is 1. The van der Waals surface area contributed by atoms with Crippen LogP contribution >= 0.6 is 12.2 Å². The van der Waals surface area contributed by atoms with Crippen LogP contribution < -0.4 is 20.9 Å². The van der Waals surface area contributed by atoms with Crippen molar-refractivity contribution in [2.75, 3.05) is 13.7 Å². The van der Waals surface area contributed by atoms with E-state index in [0.717, 1.165) is 0 Å². The van der Waals surface area contributed by atoms with Gasteiger partial charge in [0.25, 0.3) is 5.91 Å². The molecule has 7 nitrogen and oxygen atoms in total. The lowest BCUT2D eigenvalue weighted by Gasteiger charge is -2.10. The van der Waals surface area contributed by atoms with Gasteiger partial charge in [-0.2, -0.15) is 0 Å². The normalized spacial score (nSPS) is 9.30. The first kappa shape index (κ1) is 15.7. The SMILES string of the molecule is CCOc1cccc(C(=O)NC(=S)NNC(=O)OC)c1. The summed E-state index contributed by atoms with van der Waals surface area (Å²) in [5.74, 6) is 0.169. The highest BCUT2D eigenvalue weighted by Gasteiger charge is 2.09. The fraction of sp³-hybridized carbons (Fsp3) is 0.250. The van der Waals surface area contributed by atoms with E-state index in [1.165, 1.54) is 7.11 Å². The van der Waals surface area contributed by atoms with E-state index in [1.54, 1.807) is 24.3 Å². The lowest BCUT2D eigenvalue weighted by molar-refractivity contribution is 0.0975. The van der Waals surface area contributed by atoms with E-state index in [9.17, 15) is 9.59 Å². The summed E-state index contributed by atoms with van der Waals surface area (Å²) < 4.78 is 9.62. The Balaban J connectivity index is 2.55. The zero-order valence-electron chi connectivity index (χ0n) is 11.1. The monoisotopic (exact) mass is 297 g/mol. The Hall–Kier alpha value is -2.35. The van der Waals surface area contributed by atoms with Crippen LogP contribution in [0.4, 0.5) is 4.79 Å². The maximum Gasteiger partial charge on any atom is 0.425 e. The molecular formula is C12H15N3O4S. The van der Waals surface area contributed by atoms with Crippen molar-refractivity contribution in [3.8, 4) is 5.75 Å². The summed E-state index contributed by atoms with van der Waals surface area (Å²) in [6.45, 7) is 2.36. The fourth-order valence-corrected chi connectivity index (χ4v) is 1.40. The summed E-state index contributed by atoms with van der Waals surface area (Å²) in [4.78, 5) is 22.7. The molecule has 0 aliphatic rings. The first-order chi connectivity index (χ1) is 9.56. The molecule has 0 aliphatic heterocycles. The van der Waals surface area contributed by atoms with E-state index in [4.69, 9.17) is 17.0 Å². The maximum absolute atomic E-state index is 11.9. The van der Waals surface area contributed by atoms with Gasteiger partial charge in [-0.15, -0.1) is 0 Å². The average Bonchev–Trinajstić information content (AvgIpc) is 2.45. The predicted octanol–water partition coefficient (Wildman–Crippen LogP) is 0.961. The van der Waals surface area contributed by atoms with Gasteiger partial charge < -0.3 is 9.47 Å². The minimum Gasteiger partial charge on any atom is -0.494 e. The molecule has 0 heterocycles. The molecule has 108 valence electrons. The van der Waals surface area contributed by atoms with Crippen molar-refractivity contribution >= 4 is 29.3 Å². The molecule has 1 rings (SSSR count). The summed E-state index contributed by atoms with van der Waals surface area (Å²) in [6, 6.07) is 6.65. The topological polar surface area (TPSA) is 88.7 Å². The maximum atomic E-state index is 11.9. The molecule has 1 aromatic rings. The molecule has 3 N–H and O–H groups in total. The molecule has 20 heavy (non-hydrogen) atoms. The molecular weight excluding hydrogens is 282 g/mol. The minimum atomic E-state index is -0.722. The van der Waals surface area contributed by atoms with E-state index in [-0.39, 0.29) is 5.11 Å². The number of nitrogens with one attached hydrogen (secondary N) is 3. The van der Waals surface area contributed by atoms with Crippen molar-refractivity contribution in [3.05, 3.63) is 29.8 Å². The number of hydrogen-bond acceptors (Lipinski definition) is 5. The quantitative estimate of drug-likeness (QED) is 0.569. The highest BCUT2D eigenvalue weighted by atomic mass is 32.1. The van der Waals surface area contributed by atoms with E-state index in [0.29, 0.717) is 17.9 Å². The number of carbonyl (C=O) groups is 2. The highest BCUT2D eigenvalue weighted by Crippen LogP contribution is 2.12. The Labute approximate surface area is 121 Å². The van der Waals surface area contributed by atoms with Crippen molar-refractivity contribution in [2.45, 2.75) is 6.92 Å². The van der Waals surface area contributed by atoms with E-state index >= 15 is 0 Å². The zero-order valence-corrected chi connectivity index (χ0v) is 11.9. The lowest BCUT2D eigenvalue weighted by atomic mass is 10.2. The first-order valence-corrected chi connectivity index (χ1v) is 6.15. The van der Waals surface area contributed by atoms with Crippen LogP contribution in [0.25, 0.3) is 0 Å². The molecule has 0 aliphatic carbocycles. The average molecular weight is 297 g/mol. The minimum absolute atomic E-state index is 0.0535. The number of amides is 2. The molecule has 0 saturated carbocycles. The van der Waals surface area contributed by atoms with E-state index in [1.807, 2.05) is 6.92 Å². The van der Waals surface area contributed by atoms with Crippen molar-refractivity contribution in [3.63, 3.8) is 0 Å². The van der Waals surface area contributed by atoms with Gasteiger partial charge in [0, 0.05) is 5.56 Å². The number of hydrogen-bond donors (Lipinski definition) is 3. The van der Waals surface area contributed by atoms with Gasteiger partial charge >= 0.3 is 6.09 Å². The molecule has 0 radical (unpaired) electrons. The number of thiocarbonyl (C=S) groups is 1. The fourth-order valence-electron chi connectivity index (χ4n) is 1.26. The van der Waals surface area contributed by atoms with Crippen LogP contribution in [0.5, 0.6) is 5.75 Å². The second kappa shape index (κ2) is 7.95. The number of carbonyl (C=O) groups excluding carboxylic acids is 2. The van der Waals surface area contributed by atoms with Crippen LogP contribution in [0.15, 0.2) is 24.3 Å². The highest BCUT2D eigenvalue weighted by molar-refractivity contribution is 7.80. The Kier molecular flexibility index (Phi) is 6.24.